The third kappa shape index (κ3) is 2.84. The summed E-state index contributed by atoms with van der Waals surface area (Å²) in [6.07, 6.45) is -4.22. The molecule has 2 aromatic rings. The molecule has 11 heteroatoms. The molecular weight excluding hydrogens is 329 g/mol. The summed E-state index contributed by atoms with van der Waals surface area (Å²) < 4.78 is 45.9. The molecule has 1 atom stereocenters. The van der Waals surface area contributed by atoms with E-state index in [1.165, 1.54) is 6.07 Å². The first-order chi connectivity index (χ1) is 11.2. The highest BCUT2D eigenvalue weighted by Crippen LogP contribution is 2.40. The average Bonchev–Trinajstić information content (AvgIpc) is 2.87. The second kappa shape index (κ2) is 5.74. The smallest absolute Gasteiger partial charge is 0.368 e. The van der Waals surface area contributed by atoms with Crippen LogP contribution in [-0.2, 0) is 11.3 Å². The Morgan fingerprint density at radius 1 is 1.46 bits per heavy atom. The number of ether oxygens (including phenoxy) is 1. The van der Waals surface area contributed by atoms with Crippen LogP contribution in [0.25, 0.3) is 5.78 Å². The first kappa shape index (κ1) is 16.7. The van der Waals surface area contributed by atoms with Gasteiger partial charge in [-0.3, -0.25) is 14.8 Å². The minimum Gasteiger partial charge on any atom is -0.368 e. The summed E-state index contributed by atoms with van der Waals surface area (Å²) in [4.78, 5) is 21.6. The van der Waals surface area contributed by atoms with Crippen LogP contribution < -0.4 is 11.3 Å². The van der Waals surface area contributed by atoms with Gasteiger partial charge in [0.05, 0.1) is 5.69 Å². The maximum Gasteiger partial charge on any atom is 0.418 e. The maximum absolute atomic E-state index is 13.3. The average molecular weight is 346 g/mol. The normalized spacial score (nSPS) is 23.0. The number of fused-ring (bicyclic) bond motifs is 1. The van der Waals surface area contributed by atoms with Crippen LogP contribution >= 0.6 is 0 Å². The molecule has 1 aliphatic heterocycles. The van der Waals surface area contributed by atoms with Crippen molar-refractivity contribution in [2.75, 3.05) is 25.9 Å². The number of alkyl halides is 3. The number of anilines is 1. The predicted molar refractivity (Wildman–Crippen MR) is 78.3 cm³/mol. The van der Waals surface area contributed by atoms with Gasteiger partial charge < -0.3 is 10.5 Å². The van der Waals surface area contributed by atoms with E-state index in [0.717, 1.165) is 11.6 Å². The molecule has 24 heavy (non-hydrogen) atoms. The zero-order valence-corrected chi connectivity index (χ0v) is 12.9. The van der Waals surface area contributed by atoms with Crippen molar-refractivity contribution in [1.29, 1.82) is 0 Å². The van der Waals surface area contributed by atoms with E-state index in [1.807, 2.05) is 0 Å². The summed E-state index contributed by atoms with van der Waals surface area (Å²) >= 11 is 0. The number of likely N-dealkylation sites (tertiary alicyclic amines) is 1. The lowest BCUT2D eigenvalue weighted by Crippen LogP contribution is -2.57. The van der Waals surface area contributed by atoms with Crippen LogP contribution in [0.2, 0.25) is 0 Å². The Labute approximate surface area is 134 Å². The zero-order valence-electron chi connectivity index (χ0n) is 12.9. The van der Waals surface area contributed by atoms with Gasteiger partial charge in [0.15, 0.2) is 5.60 Å². The van der Waals surface area contributed by atoms with Crippen LogP contribution in [0.4, 0.5) is 19.1 Å². The van der Waals surface area contributed by atoms with E-state index in [1.54, 1.807) is 4.90 Å². The van der Waals surface area contributed by atoms with E-state index in [0.29, 0.717) is 18.7 Å². The first-order valence-corrected chi connectivity index (χ1v) is 7.32. The highest BCUT2D eigenvalue weighted by atomic mass is 19.4. The van der Waals surface area contributed by atoms with E-state index >= 15 is 0 Å². The van der Waals surface area contributed by atoms with Crippen molar-refractivity contribution in [1.82, 2.24) is 24.5 Å². The molecule has 0 bridgehead atoms. The summed E-state index contributed by atoms with van der Waals surface area (Å²) in [7, 11) is 1.07. The fraction of sp³-hybridized carbons (Fsp3) is 0.615. The van der Waals surface area contributed by atoms with Gasteiger partial charge in [0.25, 0.3) is 11.3 Å². The summed E-state index contributed by atoms with van der Waals surface area (Å²) in [5, 5.41) is 2.53. The largest absolute Gasteiger partial charge is 0.418 e. The molecule has 132 valence electrons. The molecule has 0 amide bonds. The highest BCUT2D eigenvalue weighted by Gasteiger charge is 2.57. The van der Waals surface area contributed by atoms with E-state index in [-0.39, 0.29) is 31.2 Å². The Kier molecular flexibility index (Phi) is 4.00. The number of nitrogens with two attached hydrogens (primary N) is 1. The molecule has 3 heterocycles. The molecule has 8 nitrogen and oxygen atoms in total. The standard InChI is InChI=1S/C13H17F3N6O2/c1-24-12(13(14,15)16)3-2-4-21(7-12)6-8-5-9(23)22-11(18-8)19-10(17)20-22/h5H,2-4,6-7H2,1H3,(H3,17,18,19,20). The quantitative estimate of drug-likeness (QED) is 0.841. The van der Waals surface area contributed by atoms with Crippen molar-refractivity contribution in [3.8, 4) is 0 Å². The molecule has 1 saturated heterocycles. The fourth-order valence-corrected chi connectivity index (χ4v) is 3.01. The van der Waals surface area contributed by atoms with Gasteiger partial charge in [-0.2, -0.15) is 22.7 Å². The van der Waals surface area contributed by atoms with Gasteiger partial charge in [-0.15, -0.1) is 0 Å². The summed E-state index contributed by atoms with van der Waals surface area (Å²) in [5.74, 6) is 0.117. The van der Waals surface area contributed by atoms with Crippen molar-refractivity contribution >= 4 is 11.7 Å². The third-order valence-corrected chi connectivity index (χ3v) is 4.23. The second-order valence-corrected chi connectivity index (χ2v) is 5.84. The number of methoxy groups -OCH3 is 1. The molecule has 0 aliphatic carbocycles. The molecule has 1 aliphatic rings. The number of hydrogen-bond donors (Lipinski definition) is 2. The summed E-state index contributed by atoms with van der Waals surface area (Å²) in [5.41, 5.74) is 3.19. The van der Waals surface area contributed by atoms with Crippen molar-refractivity contribution in [3.63, 3.8) is 0 Å². The van der Waals surface area contributed by atoms with E-state index in [4.69, 9.17) is 10.5 Å². The van der Waals surface area contributed by atoms with Crippen LogP contribution in [0.3, 0.4) is 0 Å². The molecule has 1 unspecified atom stereocenters. The summed E-state index contributed by atoms with van der Waals surface area (Å²) in [6.45, 7) is 0.251. The maximum atomic E-state index is 13.3. The number of piperidine rings is 1. The number of aromatic nitrogens is 4. The molecule has 0 aromatic carbocycles. The first-order valence-electron chi connectivity index (χ1n) is 7.32. The van der Waals surface area contributed by atoms with Crippen molar-refractivity contribution in [2.45, 2.75) is 31.2 Å². The van der Waals surface area contributed by atoms with Crippen LogP contribution in [0.1, 0.15) is 18.5 Å². The number of aromatic amines is 1. The lowest BCUT2D eigenvalue weighted by Gasteiger charge is -2.42. The molecule has 1 fully saturated rings. The van der Waals surface area contributed by atoms with Crippen LogP contribution in [0, 0.1) is 0 Å². The Morgan fingerprint density at radius 3 is 2.88 bits per heavy atom. The highest BCUT2D eigenvalue weighted by molar-refractivity contribution is 5.34. The number of hydrogen-bond acceptors (Lipinski definition) is 6. The van der Waals surface area contributed by atoms with Gasteiger partial charge in [-0.1, -0.05) is 0 Å². The Morgan fingerprint density at radius 2 is 2.21 bits per heavy atom. The van der Waals surface area contributed by atoms with E-state index < -0.39 is 17.3 Å². The van der Waals surface area contributed by atoms with Crippen LogP contribution in [0.5, 0.6) is 0 Å². The van der Waals surface area contributed by atoms with E-state index in [2.05, 4.69) is 15.1 Å². The Balaban J connectivity index is 1.84. The molecule has 2 aromatic heterocycles. The number of H-pyrrole nitrogens is 1. The third-order valence-electron chi connectivity index (χ3n) is 4.23. The lowest BCUT2D eigenvalue weighted by molar-refractivity contribution is -0.284. The summed E-state index contributed by atoms with van der Waals surface area (Å²) in [6, 6.07) is 1.25. The minimum absolute atomic E-state index is 0.0326. The van der Waals surface area contributed by atoms with Crippen molar-refractivity contribution < 1.29 is 17.9 Å². The lowest BCUT2D eigenvalue weighted by atomic mass is 9.91. The number of rotatable bonds is 3. The van der Waals surface area contributed by atoms with Crippen LogP contribution in [0.15, 0.2) is 10.9 Å². The van der Waals surface area contributed by atoms with Gasteiger partial charge >= 0.3 is 6.18 Å². The number of nitrogen functional groups attached to an aromatic ring is 1. The predicted octanol–water partition coefficient (Wildman–Crippen LogP) is 0.543. The molecule has 0 spiro atoms. The molecular formula is C13H17F3N6O2. The van der Waals surface area contributed by atoms with Crippen molar-refractivity contribution in [2.24, 2.45) is 0 Å². The van der Waals surface area contributed by atoms with Gasteiger partial charge in [-0.25, -0.2) is 4.98 Å². The van der Waals surface area contributed by atoms with Crippen molar-refractivity contribution in [3.05, 3.63) is 22.1 Å². The minimum atomic E-state index is -4.46. The number of halogens is 3. The van der Waals surface area contributed by atoms with Gasteiger partial charge in [0.1, 0.15) is 0 Å². The number of nitrogens with zero attached hydrogens (tertiary/aromatic N) is 4. The van der Waals surface area contributed by atoms with E-state index in [9.17, 15) is 18.0 Å². The zero-order chi connectivity index (χ0) is 17.5. The number of nitrogens with one attached hydrogen (secondary N) is 1. The SMILES string of the molecule is COC1(C(F)(F)F)CCCN(Cc2cc(=O)n3[nH]c(N)nc3n2)C1. The van der Waals surface area contributed by atoms with Crippen LogP contribution in [-0.4, -0.2) is 56.5 Å². The fourth-order valence-electron chi connectivity index (χ4n) is 3.01. The molecule has 0 radical (unpaired) electrons. The monoisotopic (exact) mass is 346 g/mol. The second-order valence-electron chi connectivity index (χ2n) is 5.84. The Hall–Kier alpha value is -2.14. The topological polar surface area (TPSA) is 102 Å². The molecule has 0 saturated carbocycles. The van der Waals surface area contributed by atoms with Gasteiger partial charge in [0.2, 0.25) is 5.95 Å². The van der Waals surface area contributed by atoms with Gasteiger partial charge in [0, 0.05) is 26.3 Å². The Bertz CT molecular complexity index is 801. The van der Waals surface area contributed by atoms with Gasteiger partial charge in [-0.05, 0) is 19.4 Å². The molecule has 3 rings (SSSR count). The molecule has 3 N–H and O–H groups in total.